The molecule has 0 aliphatic carbocycles. The van der Waals surface area contributed by atoms with E-state index in [0.29, 0.717) is 25.1 Å². The lowest BCUT2D eigenvalue weighted by molar-refractivity contribution is -0.121. The minimum atomic E-state index is -0.468. The summed E-state index contributed by atoms with van der Waals surface area (Å²) < 4.78 is 4.98. The maximum Gasteiger partial charge on any atom is 0.220 e. The Labute approximate surface area is 106 Å². The molecular formula is C13H19NO4. The van der Waals surface area contributed by atoms with Gasteiger partial charge >= 0.3 is 0 Å². The Balaban J connectivity index is 2.46. The number of hydrogen-bond acceptors (Lipinski definition) is 4. The summed E-state index contributed by atoms with van der Waals surface area (Å²) in [6.45, 7) is 2.02. The fourth-order valence-electron chi connectivity index (χ4n) is 1.46. The minimum absolute atomic E-state index is 0.0710. The Kier molecular flexibility index (Phi) is 5.45. The third-order valence-electron chi connectivity index (χ3n) is 2.52. The van der Waals surface area contributed by atoms with Gasteiger partial charge in [0.05, 0.1) is 13.2 Å². The van der Waals surface area contributed by atoms with E-state index in [9.17, 15) is 9.90 Å². The number of hydrogen-bond donors (Lipinski definition) is 3. The summed E-state index contributed by atoms with van der Waals surface area (Å²) in [7, 11) is 1.47. The molecule has 1 amide bonds. The molecule has 0 aliphatic rings. The topological polar surface area (TPSA) is 78.8 Å². The summed E-state index contributed by atoms with van der Waals surface area (Å²) in [4.78, 5) is 11.4. The van der Waals surface area contributed by atoms with Gasteiger partial charge in [-0.15, -0.1) is 0 Å². The van der Waals surface area contributed by atoms with Gasteiger partial charge in [0.25, 0.3) is 0 Å². The molecule has 0 aliphatic heterocycles. The van der Waals surface area contributed by atoms with Gasteiger partial charge in [0.1, 0.15) is 0 Å². The van der Waals surface area contributed by atoms with Crippen molar-refractivity contribution < 1.29 is 19.7 Å². The first-order valence-corrected chi connectivity index (χ1v) is 5.83. The van der Waals surface area contributed by atoms with Crippen LogP contribution in [0.25, 0.3) is 0 Å². The summed E-state index contributed by atoms with van der Waals surface area (Å²) in [6, 6.07) is 4.91. The fourth-order valence-corrected chi connectivity index (χ4v) is 1.46. The van der Waals surface area contributed by atoms with Crippen LogP contribution < -0.4 is 10.1 Å². The predicted molar refractivity (Wildman–Crippen MR) is 67.4 cm³/mol. The highest BCUT2D eigenvalue weighted by Gasteiger charge is 2.06. The van der Waals surface area contributed by atoms with Gasteiger partial charge in [-0.25, -0.2) is 0 Å². The van der Waals surface area contributed by atoms with Crippen molar-refractivity contribution in [3.63, 3.8) is 0 Å². The number of aliphatic hydroxyl groups is 1. The van der Waals surface area contributed by atoms with Gasteiger partial charge in [-0.3, -0.25) is 4.79 Å². The van der Waals surface area contributed by atoms with E-state index >= 15 is 0 Å². The standard InChI is InChI=1S/C13H19NO4/c1-9(15)3-6-13(17)14-8-10-4-5-11(16)12(7-10)18-2/h4-5,7,9,15-16H,3,6,8H2,1-2H3,(H,14,17). The normalized spacial score (nSPS) is 11.9. The molecule has 0 aromatic heterocycles. The van der Waals surface area contributed by atoms with Crippen molar-refractivity contribution in [3.05, 3.63) is 23.8 Å². The van der Waals surface area contributed by atoms with Gasteiger partial charge in [0, 0.05) is 13.0 Å². The first-order chi connectivity index (χ1) is 8.52. The molecule has 1 atom stereocenters. The molecule has 0 saturated heterocycles. The second-order valence-corrected chi connectivity index (χ2v) is 4.17. The molecule has 1 aromatic rings. The van der Waals surface area contributed by atoms with Crippen molar-refractivity contribution in [1.82, 2.24) is 5.32 Å². The summed E-state index contributed by atoms with van der Waals surface area (Å²) in [6.07, 6.45) is 0.280. The van der Waals surface area contributed by atoms with E-state index in [2.05, 4.69) is 5.32 Å². The molecule has 5 nitrogen and oxygen atoms in total. The van der Waals surface area contributed by atoms with Crippen LogP contribution >= 0.6 is 0 Å². The van der Waals surface area contributed by atoms with Crippen LogP contribution in [0.5, 0.6) is 11.5 Å². The molecule has 1 aromatic carbocycles. The summed E-state index contributed by atoms with van der Waals surface area (Å²) >= 11 is 0. The van der Waals surface area contributed by atoms with E-state index in [1.165, 1.54) is 13.2 Å². The smallest absolute Gasteiger partial charge is 0.220 e. The molecule has 0 spiro atoms. The maximum absolute atomic E-state index is 11.4. The molecule has 0 radical (unpaired) electrons. The molecule has 100 valence electrons. The number of rotatable bonds is 6. The molecule has 0 bridgehead atoms. The summed E-state index contributed by atoms with van der Waals surface area (Å²) in [5.41, 5.74) is 0.843. The van der Waals surface area contributed by atoms with Crippen molar-refractivity contribution in [3.8, 4) is 11.5 Å². The Morgan fingerprint density at radius 2 is 2.22 bits per heavy atom. The zero-order valence-corrected chi connectivity index (χ0v) is 10.6. The quantitative estimate of drug-likeness (QED) is 0.711. The lowest BCUT2D eigenvalue weighted by Gasteiger charge is -2.08. The lowest BCUT2D eigenvalue weighted by atomic mass is 10.2. The minimum Gasteiger partial charge on any atom is -0.504 e. The van der Waals surface area contributed by atoms with Crippen LogP contribution in [0, 0.1) is 0 Å². The van der Waals surface area contributed by atoms with Crippen molar-refractivity contribution >= 4 is 5.91 Å². The zero-order chi connectivity index (χ0) is 13.5. The number of amides is 1. The van der Waals surface area contributed by atoms with E-state index in [1.807, 2.05) is 0 Å². The Hall–Kier alpha value is -1.75. The van der Waals surface area contributed by atoms with Crippen LogP contribution in [-0.2, 0) is 11.3 Å². The van der Waals surface area contributed by atoms with Crippen LogP contribution in [0.15, 0.2) is 18.2 Å². The van der Waals surface area contributed by atoms with Gasteiger partial charge in [-0.1, -0.05) is 6.07 Å². The highest BCUT2D eigenvalue weighted by Crippen LogP contribution is 2.26. The molecule has 1 unspecified atom stereocenters. The second kappa shape index (κ2) is 6.86. The van der Waals surface area contributed by atoms with E-state index < -0.39 is 6.10 Å². The van der Waals surface area contributed by atoms with Gasteiger partial charge in [0.2, 0.25) is 5.91 Å². The number of benzene rings is 1. The van der Waals surface area contributed by atoms with Crippen LogP contribution in [-0.4, -0.2) is 29.3 Å². The van der Waals surface area contributed by atoms with Crippen LogP contribution in [0.1, 0.15) is 25.3 Å². The van der Waals surface area contributed by atoms with Gasteiger partial charge < -0.3 is 20.3 Å². The van der Waals surface area contributed by atoms with Crippen LogP contribution in [0.4, 0.5) is 0 Å². The summed E-state index contributed by atoms with van der Waals surface area (Å²) in [5, 5.41) is 21.2. The number of ether oxygens (including phenoxy) is 1. The van der Waals surface area contributed by atoms with Gasteiger partial charge in [-0.05, 0) is 31.0 Å². The predicted octanol–water partition coefficient (Wildman–Crippen LogP) is 1.18. The largest absolute Gasteiger partial charge is 0.504 e. The molecule has 5 heteroatoms. The number of carbonyl (C=O) groups is 1. The molecule has 3 N–H and O–H groups in total. The number of carbonyl (C=O) groups excluding carboxylic acids is 1. The van der Waals surface area contributed by atoms with E-state index in [4.69, 9.17) is 9.84 Å². The number of aromatic hydroxyl groups is 1. The monoisotopic (exact) mass is 253 g/mol. The average Bonchev–Trinajstić information content (AvgIpc) is 2.35. The van der Waals surface area contributed by atoms with Crippen molar-refractivity contribution in [1.29, 1.82) is 0 Å². The number of aliphatic hydroxyl groups excluding tert-OH is 1. The van der Waals surface area contributed by atoms with E-state index in [0.717, 1.165) is 5.56 Å². The number of phenols is 1. The van der Waals surface area contributed by atoms with Crippen LogP contribution in [0.2, 0.25) is 0 Å². The first kappa shape index (κ1) is 14.3. The third-order valence-corrected chi connectivity index (χ3v) is 2.52. The van der Waals surface area contributed by atoms with E-state index in [-0.39, 0.29) is 11.7 Å². The third kappa shape index (κ3) is 4.63. The fraction of sp³-hybridized carbons (Fsp3) is 0.462. The Morgan fingerprint density at radius 3 is 2.83 bits per heavy atom. The number of nitrogens with one attached hydrogen (secondary N) is 1. The molecule has 0 heterocycles. The van der Waals surface area contributed by atoms with Crippen molar-refractivity contribution in [2.24, 2.45) is 0 Å². The molecule has 0 saturated carbocycles. The highest BCUT2D eigenvalue weighted by atomic mass is 16.5. The summed E-state index contributed by atoms with van der Waals surface area (Å²) in [5.74, 6) is 0.343. The Bertz CT molecular complexity index is 404. The van der Waals surface area contributed by atoms with Gasteiger partial charge in [0.15, 0.2) is 11.5 Å². The first-order valence-electron chi connectivity index (χ1n) is 5.83. The Morgan fingerprint density at radius 1 is 1.50 bits per heavy atom. The highest BCUT2D eigenvalue weighted by molar-refractivity contribution is 5.75. The average molecular weight is 253 g/mol. The van der Waals surface area contributed by atoms with E-state index in [1.54, 1.807) is 19.1 Å². The van der Waals surface area contributed by atoms with Crippen molar-refractivity contribution in [2.45, 2.75) is 32.4 Å². The van der Waals surface area contributed by atoms with Gasteiger partial charge in [-0.2, -0.15) is 0 Å². The zero-order valence-electron chi connectivity index (χ0n) is 10.6. The molecule has 0 fully saturated rings. The SMILES string of the molecule is COc1cc(CNC(=O)CCC(C)O)ccc1O. The maximum atomic E-state index is 11.4. The number of phenolic OH excluding ortho intramolecular Hbond substituents is 1. The number of methoxy groups -OCH3 is 1. The van der Waals surface area contributed by atoms with Crippen molar-refractivity contribution in [2.75, 3.05) is 7.11 Å². The lowest BCUT2D eigenvalue weighted by Crippen LogP contribution is -2.23. The molecular weight excluding hydrogens is 234 g/mol. The molecule has 1 rings (SSSR count). The molecule has 18 heavy (non-hydrogen) atoms. The van der Waals surface area contributed by atoms with Crippen LogP contribution in [0.3, 0.4) is 0 Å². The second-order valence-electron chi connectivity index (χ2n) is 4.17.